The molecule has 0 saturated heterocycles. The van der Waals surface area contributed by atoms with Crippen LogP contribution in [0, 0.1) is 0 Å². The maximum absolute atomic E-state index is 12.4. The molecule has 0 fully saturated rings. The molecule has 0 aliphatic rings. The number of nitrogens with zero attached hydrogens (tertiary/aromatic N) is 1. The van der Waals surface area contributed by atoms with E-state index in [-0.39, 0.29) is 11.0 Å². The molecule has 0 radical (unpaired) electrons. The van der Waals surface area contributed by atoms with E-state index in [9.17, 15) is 4.79 Å². The molecular weight excluding hydrogens is 506 g/mol. The van der Waals surface area contributed by atoms with Gasteiger partial charge >= 0.3 is 0 Å². The van der Waals surface area contributed by atoms with E-state index in [1.165, 1.54) is 11.6 Å². The van der Waals surface area contributed by atoms with Gasteiger partial charge in [-0.1, -0.05) is 30.7 Å². The molecule has 184 valence electrons. The van der Waals surface area contributed by atoms with Gasteiger partial charge in [0, 0.05) is 27.9 Å². The minimum atomic E-state index is -0.385. The van der Waals surface area contributed by atoms with Crippen LogP contribution in [0.1, 0.15) is 18.2 Å². The average Bonchev–Trinajstić information content (AvgIpc) is 3.55. The zero-order valence-electron chi connectivity index (χ0n) is 19.8. The lowest BCUT2D eigenvalue weighted by Crippen LogP contribution is -2.32. The van der Waals surface area contributed by atoms with Gasteiger partial charge in [-0.05, 0) is 97.0 Å². The number of furan rings is 1. The predicted octanol–water partition coefficient (Wildman–Crippen LogP) is 7.50. The third-order valence-corrected chi connectivity index (χ3v) is 6.07. The zero-order chi connectivity index (χ0) is 25.8. The van der Waals surface area contributed by atoms with Crippen LogP contribution in [0.2, 0.25) is 5.02 Å². The summed E-state index contributed by atoms with van der Waals surface area (Å²) in [4.78, 5) is 17.0. The Kier molecular flexibility index (Phi) is 7.16. The van der Waals surface area contributed by atoms with Gasteiger partial charge in [0.05, 0.1) is 0 Å². The van der Waals surface area contributed by atoms with Crippen LogP contribution in [0.5, 0.6) is 0 Å². The number of oxazole rings is 1. The van der Waals surface area contributed by atoms with Gasteiger partial charge in [0.25, 0.3) is 0 Å². The Labute approximate surface area is 224 Å². The van der Waals surface area contributed by atoms with Crippen molar-refractivity contribution in [1.82, 2.24) is 10.3 Å². The Morgan fingerprint density at radius 2 is 1.84 bits per heavy atom. The summed E-state index contributed by atoms with van der Waals surface area (Å²) in [6.07, 6.45) is 3.87. The second-order valence-electron chi connectivity index (χ2n) is 8.24. The molecule has 6 nitrogen and oxygen atoms in total. The first-order valence-corrected chi connectivity index (χ1v) is 12.4. The number of thiocarbonyl (C=S) groups is 1. The standard InChI is InChI=1S/C29H22ClN3O3S/c1-2-18-6-13-26-24(16-18)32-28(36-26)20-4-3-5-22(17-20)31-29(37)33-27(34)15-12-23-11-14-25(35-23)19-7-9-21(30)10-8-19/h3-17H,2H2,1H3,(H2,31,33,34,37). The van der Waals surface area contributed by atoms with E-state index in [4.69, 9.17) is 32.7 Å². The number of halogens is 1. The summed E-state index contributed by atoms with van der Waals surface area (Å²) < 4.78 is 11.7. The lowest BCUT2D eigenvalue weighted by molar-refractivity contribution is -0.115. The Morgan fingerprint density at radius 1 is 1.00 bits per heavy atom. The quantitative estimate of drug-likeness (QED) is 0.176. The second kappa shape index (κ2) is 10.8. The van der Waals surface area contributed by atoms with E-state index >= 15 is 0 Å². The third-order valence-electron chi connectivity index (χ3n) is 5.62. The number of amides is 1. The molecule has 0 bridgehead atoms. The van der Waals surface area contributed by atoms with E-state index in [1.54, 1.807) is 24.3 Å². The lowest BCUT2D eigenvalue weighted by Gasteiger charge is -2.08. The fraction of sp³-hybridized carbons (Fsp3) is 0.0690. The first kappa shape index (κ1) is 24.5. The number of hydrogen-bond acceptors (Lipinski definition) is 5. The van der Waals surface area contributed by atoms with Crippen LogP contribution in [0.15, 0.2) is 93.8 Å². The molecule has 8 heteroatoms. The molecule has 0 saturated carbocycles. The number of aromatic nitrogens is 1. The molecule has 1 amide bonds. The Morgan fingerprint density at radius 3 is 2.65 bits per heavy atom. The number of rotatable bonds is 6. The monoisotopic (exact) mass is 527 g/mol. The lowest BCUT2D eigenvalue weighted by atomic mass is 10.1. The Bertz CT molecular complexity index is 1620. The van der Waals surface area contributed by atoms with Crippen molar-refractivity contribution in [2.45, 2.75) is 13.3 Å². The van der Waals surface area contributed by atoms with E-state index in [1.807, 2.05) is 60.7 Å². The topological polar surface area (TPSA) is 80.3 Å². The first-order chi connectivity index (χ1) is 18.0. The van der Waals surface area contributed by atoms with Crippen molar-refractivity contribution < 1.29 is 13.6 Å². The fourth-order valence-electron chi connectivity index (χ4n) is 3.73. The van der Waals surface area contributed by atoms with Gasteiger partial charge in [0.2, 0.25) is 11.8 Å². The molecule has 3 aromatic carbocycles. The first-order valence-electron chi connectivity index (χ1n) is 11.6. The van der Waals surface area contributed by atoms with Crippen LogP contribution in [0.4, 0.5) is 5.69 Å². The molecule has 0 unspecified atom stereocenters. The molecule has 0 spiro atoms. The van der Waals surface area contributed by atoms with E-state index in [0.29, 0.717) is 28.1 Å². The van der Waals surface area contributed by atoms with Crippen LogP contribution >= 0.6 is 23.8 Å². The Balaban J connectivity index is 1.20. The van der Waals surface area contributed by atoms with Crippen molar-refractivity contribution in [2.75, 3.05) is 5.32 Å². The van der Waals surface area contributed by atoms with Gasteiger partial charge in [-0.25, -0.2) is 4.98 Å². The molecule has 37 heavy (non-hydrogen) atoms. The number of benzene rings is 3. The number of hydrogen-bond donors (Lipinski definition) is 2. The number of fused-ring (bicyclic) bond motifs is 1. The number of carbonyl (C=O) groups excluding carboxylic acids is 1. The van der Waals surface area contributed by atoms with Crippen LogP contribution in [-0.4, -0.2) is 16.0 Å². The summed E-state index contributed by atoms with van der Waals surface area (Å²) in [7, 11) is 0. The maximum atomic E-state index is 12.4. The van der Waals surface area contributed by atoms with Crippen molar-refractivity contribution in [3.05, 3.63) is 101 Å². The highest BCUT2D eigenvalue weighted by molar-refractivity contribution is 7.80. The van der Waals surface area contributed by atoms with Crippen molar-refractivity contribution in [2.24, 2.45) is 0 Å². The second-order valence-corrected chi connectivity index (χ2v) is 9.09. The van der Waals surface area contributed by atoms with E-state index in [2.05, 4.69) is 22.5 Å². The maximum Gasteiger partial charge on any atom is 0.250 e. The van der Waals surface area contributed by atoms with Gasteiger partial charge in [-0.2, -0.15) is 0 Å². The van der Waals surface area contributed by atoms with Crippen LogP contribution in [-0.2, 0) is 11.2 Å². The number of carbonyl (C=O) groups is 1. The number of nitrogens with one attached hydrogen (secondary N) is 2. The minimum absolute atomic E-state index is 0.165. The molecular formula is C29H22ClN3O3S. The number of aryl methyl sites for hydroxylation is 1. The molecule has 0 atom stereocenters. The summed E-state index contributed by atoms with van der Waals surface area (Å²) in [5, 5.41) is 6.48. The summed E-state index contributed by atoms with van der Waals surface area (Å²) >= 11 is 11.2. The van der Waals surface area contributed by atoms with Crippen molar-refractivity contribution in [1.29, 1.82) is 0 Å². The normalized spacial score (nSPS) is 11.2. The Hall–Kier alpha value is -4.20. The highest BCUT2D eigenvalue weighted by Gasteiger charge is 2.10. The molecule has 0 aliphatic heterocycles. The SMILES string of the molecule is CCc1ccc2oc(-c3cccc(NC(=S)NC(=O)C=Cc4ccc(-c5ccc(Cl)cc5)o4)c3)nc2c1. The van der Waals surface area contributed by atoms with Gasteiger partial charge in [0.1, 0.15) is 17.0 Å². The predicted molar refractivity (Wildman–Crippen MR) is 151 cm³/mol. The minimum Gasteiger partial charge on any atom is -0.457 e. The highest BCUT2D eigenvalue weighted by Crippen LogP contribution is 2.27. The van der Waals surface area contributed by atoms with Crippen LogP contribution < -0.4 is 10.6 Å². The van der Waals surface area contributed by atoms with Crippen molar-refractivity contribution in [3.63, 3.8) is 0 Å². The molecule has 2 heterocycles. The van der Waals surface area contributed by atoms with Crippen LogP contribution in [0.3, 0.4) is 0 Å². The number of anilines is 1. The zero-order valence-corrected chi connectivity index (χ0v) is 21.4. The molecule has 5 aromatic rings. The summed E-state index contributed by atoms with van der Waals surface area (Å²) in [5.74, 6) is 1.35. The smallest absolute Gasteiger partial charge is 0.250 e. The van der Waals surface area contributed by atoms with Crippen molar-refractivity contribution >= 4 is 57.7 Å². The summed E-state index contributed by atoms with van der Waals surface area (Å²) in [6.45, 7) is 2.10. The average molecular weight is 528 g/mol. The van der Waals surface area contributed by atoms with E-state index < -0.39 is 0 Å². The molecule has 0 aliphatic carbocycles. The molecule has 5 rings (SSSR count). The fourth-order valence-corrected chi connectivity index (χ4v) is 4.08. The summed E-state index contributed by atoms with van der Waals surface area (Å²) in [6, 6.07) is 24.4. The van der Waals surface area contributed by atoms with Gasteiger partial charge in [-0.3, -0.25) is 10.1 Å². The third kappa shape index (κ3) is 5.97. The largest absolute Gasteiger partial charge is 0.457 e. The van der Waals surface area contributed by atoms with Gasteiger partial charge in [0.15, 0.2) is 10.7 Å². The van der Waals surface area contributed by atoms with Crippen molar-refractivity contribution in [3.8, 4) is 22.8 Å². The van der Waals surface area contributed by atoms with E-state index in [0.717, 1.165) is 28.6 Å². The van der Waals surface area contributed by atoms with Crippen LogP contribution in [0.25, 0.3) is 40.0 Å². The molecule has 2 aromatic heterocycles. The van der Waals surface area contributed by atoms with Gasteiger partial charge in [-0.15, -0.1) is 0 Å². The summed E-state index contributed by atoms with van der Waals surface area (Å²) in [5.41, 5.74) is 5.14. The van der Waals surface area contributed by atoms with Gasteiger partial charge < -0.3 is 14.2 Å². The molecule has 2 N–H and O–H groups in total. The highest BCUT2D eigenvalue weighted by atomic mass is 35.5.